The van der Waals surface area contributed by atoms with E-state index < -0.39 is 0 Å². The zero-order valence-electron chi connectivity index (χ0n) is 10.4. The molecule has 98 valence electrons. The van der Waals surface area contributed by atoms with Crippen molar-refractivity contribution in [1.82, 2.24) is 4.90 Å². The van der Waals surface area contributed by atoms with E-state index >= 15 is 0 Å². The average molecular weight is 281 g/mol. The molecule has 0 saturated carbocycles. The van der Waals surface area contributed by atoms with Crippen molar-refractivity contribution in [2.24, 2.45) is 10.7 Å². The Morgan fingerprint density at radius 1 is 1.28 bits per heavy atom. The molecule has 2 rings (SSSR count). The van der Waals surface area contributed by atoms with Gasteiger partial charge in [0.1, 0.15) is 0 Å². The number of nitrogens with zero attached hydrogens (tertiary/aromatic N) is 2. The summed E-state index contributed by atoms with van der Waals surface area (Å²) in [6.45, 7) is 2.85. The monoisotopic (exact) mass is 281 g/mol. The molecule has 1 aliphatic heterocycles. The summed E-state index contributed by atoms with van der Waals surface area (Å²) in [6.07, 6.45) is 0. The van der Waals surface area contributed by atoms with Gasteiger partial charge in [0.25, 0.3) is 0 Å². The maximum atomic E-state index is 5.99. The van der Waals surface area contributed by atoms with Gasteiger partial charge in [-0.25, -0.2) is 0 Å². The third-order valence-corrected chi connectivity index (χ3v) is 4.65. The summed E-state index contributed by atoms with van der Waals surface area (Å²) in [7, 11) is 0. The number of benzene rings is 1. The number of thioether (sulfide) groups is 2. The number of aliphatic imine (C=N–C) groups is 1. The van der Waals surface area contributed by atoms with E-state index in [4.69, 9.17) is 5.73 Å². The summed E-state index contributed by atoms with van der Waals surface area (Å²) in [5, 5.41) is 0. The minimum absolute atomic E-state index is 0.712. The van der Waals surface area contributed by atoms with Crippen LogP contribution in [0, 0.1) is 0 Å². The van der Waals surface area contributed by atoms with Crippen LogP contribution in [0.5, 0.6) is 0 Å². The van der Waals surface area contributed by atoms with Crippen LogP contribution >= 0.6 is 23.5 Å². The molecule has 1 aromatic carbocycles. The van der Waals surface area contributed by atoms with Gasteiger partial charge in [-0.3, -0.25) is 4.99 Å². The third kappa shape index (κ3) is 4.46. The average Bonchev–Trinajstić information content (AvgIpc) is 2.45. The van der Waals surface area contributed by atoms with Crippen LogP contribution in [0.4, 0.5) is 0 Å². The first kappa shape index (κ1) is 13.6. The first-order valence-electron chi connectivity index (χ1n) is 6.17. The fraction of sp³-hybridized carbons (Fsp3) is 0.462. The molecule has 3 nitrogen and oxygen atoms in total. The summed E-state index contributed by atoms with van der Waals surface area (Å²) < 4.78 is 0. The van der Waals surface area contributed by atoms with Gasteiger partial charge in [-0.1, -0.05) is 18.2 Å². The van der Waals surface area contributed by atoms with Crippen LogP contribution in [0.25, 0.3) is 0 Å². The molecule has 0 amide bonds. The van der Waals surface area contributed by atoms with Crippen molar-refractivity contribution in [2.75, 3.05) is 36.9 Å². The standard InChI is InChI=1S/C13H19N3S2/c14-13(16-7-10-17-11-8-16)15-6-9-18-12-4-2-1-3-5-12/h1-5H,6-11H2,(H2,14,15). The second-order valence-electron chi connectivity index (χ2n) is 4.00. The number of hydrogen-bond acceptors (Lipinski definition) is 3. The van der Waals surface area contributed by atoms with Crippen molar-refractivity contribution in [3.63, 3.8) is 0 Å². The Kier molecular flexibility index (Phi) is 5.74. The molecule has 1 heterocycles. The zero-order valence-corrected chi connectivity index (χ0v) is 12.1. The Morgan fingerprint density at radius 3 is 2.72 bits per heavy atom. The van der Waals surface area contributed by atoms with Crippen molar-refractivity contribution in [1.29, 1.82) is 0 Å². The third-order valence-electron chi connectivity index (χ3n) is 2.71. The molecule has 0 radical (unpaired) electrons. The topological polar surface area (TPSA) is 41.6 Å². The van der Waals surface area contributed by atoms with E-state index in [2.05, 4.69) is 34.2 Å². The Balaban J connectivity index is 1.70. The van der Waals surface area contributed by atoms with Gasteiger partial charge < -0.3 is 10.6 Å². The molecule has 1 aliphatic rings. The second-order valence-corrected chi connectivity index (χ2v) is 6.39. The van der Waals surface area contributed by atoms with Crippen LogP contribution < -0.4 is 5.73 Å². The SMILES string of the molecule is NC(=NCCSc1ccccc1)N1CCSCC1. The summed E-state index contributed by atoms with van der Waals surface area (Å²) in [6, 6.07) is 10.4. The van der Waals surface area contributed by atoms with Crippen molar-refractivity contribution in [2.45, 2.75) is 4.90 Å². The lowest BCUT2D eigenvalue weighted by atomic mass is 10.4. The second kappa shape index (κ2) is 7.59. The van der Waals surface area contributed by atoms with E-state index in [-0.39, 0.29) is 0 Å². The summed E-state index contributed by atoms with van der Waals surface area (Å²) in [5.74, 6) is 4.01. The van der Waals surface area contributed by atoms with Crippen molar-refractivity contribution < 1.29 is 0 Å². The fourth-order valence-corrected chi connectivity index (χ4v) is 3.40. The zero-order chi connectivity index (χ0) is 12.6. The largest absolute Gasteiger partial charge is 0.370 e. The number of nitrogens with two attached hydrogens (primary N) is 1. The fourth-order valence-electron chi connectivity index (χ4n) is 1.73. The highest BCUT2D eigenvalue weighted by Crippen LogP contribution is 2.16. The first-order valence-corrected chi connectivity index (χ1v) is 8.31. The van der Waals surface area contributed by atoms with Gasteiger partial charge in [0.15, 0.2) is 5.96 Å². The first-order chi connectivity index (χ1) is 8.86. The van der Waals surface area contributed by atoms with Crippen molar-refractivity contribution in [3.05, 3.63) is 30.3 Å². The van der Waals surface area contributed by atoms with Crippen LogP contribution in [0.2, 0.25) is 0 Å². The lowest BCUT2D eigenvalue weighted by molar-refractivity contribution is 0.456. The molecular formula is C13H19N3S2. The van der Waals surface area contributed by atoms with Crippen LogP contribution in [0.3, 0.4) is 0 Å². The molecule has 0 aliphatic carbocycles. The van der Waals surface area contributed by atoms with Gasteiger partial charge in [-0.05, 0) is 12.1 Å². The highest BCUT2D eigenvalue weighted by atomic mass is 32.2. The maximum absolute atomic E-state index is 5.99. The molecular weight excluding hydrogens is 262 g/mol. The number of hydrogen-bond donors (Lipinski definition) is 1. The smallest absolute Gasteiger partial charge is 0.191 e. The molecule has 0 atom stereocenters. The quantitative estimate of drug-likeness (QED) is 0.397. The van der Waals surface area contributed by atoms with Gasteiger partial charge in [0.2, 0.25) is 0 Å². The van der Waals surface area contributed by atoms with Crippen LogP contribution in [-0.4, -0.2) is 47.8 Å². The van der Waals surface area contributed by atoms with Crippen molar-refractivity contribution >= 4 is 29.5 Å². The molecule has 0 bridgehead atoms. The van der Waals surface area contributed by atoms with Gasteiger partial charge in [0, 0.05) is 35.2 Å². The highest BCUT2D eigenvalue weighted by molar-refractivity contribution is 7.99. The maximum Gasteiger partial charge on any atom is 0.191 e. The van der Waals surface area contributed by atoms with Crippen molar-refractivity contribution in [3.8, 4) is 0 Å². The van der Waals surface area contributed by atoms with E-state index in [1.165, 1.54) is 4.90 Å². The minimum Gasteiger partial charge on any atom is -0.370 e. The molecule has 18 heavy (non-hydrogen) atoms. The molecule has 0 unspecified atom stereocenters. The molecule has 1 fully saturated rings. The van der Waals surface area contributed by atoms with Gasteiger partial charge in [-0.15, -0.1) is 11.8 Å². The number of guanidine groups is 1. The Morgan fingerprint density at radius 2 is 2.00 bits per heavy atom. The highest BCUT2D eigenvalue weighted by Gasteiger charge is 2.11. The van der Waals surface area contributed by atoms with E-state index in [1.54, 1.807) is 0 Å². The van der Waals surface area contributed by atoms with Gasteiger partial charge in [0.05, 0.1) is 6.54 Å². The Labute approximate surface area is 117 Å². The summed E-state index contributed by atoms with van der Waals surface area (Å²) in [4.78, 5) is 7.93. The van der Waals surface area contributed by atoms with Gasteiger partial charge >= 0.3 is 0 Å². The predicted octanol–water partition coefficient (Wildman–Crippen LogP) is 2.14. The van der Waals surface area contributed by atoms with Gasteiger partial charge in [-0.2, -0.15) is 11.8 Å². The normalized spacial score (nSPS) is 16.9. The summed E-state index contributed by atoms with van der Waals surface area (Å²) in [5.41, 5.74) is 5.99. The Bertz CT molecular complexity index is 375. The van der Waals surface area contributed by atoms with Crippen LogP contribution in [-0.2, 0) is 0 Å². The van der Waals surface area contributed by atoms with Crippen LogP contribution in [0.1, 0.15) is 0 Å². The lowest BCUT2D eigenvalue weighted by Crippen LogP contribution is -2.42. The van der Waals surface area contributed by atoms with E-state index in [0.717, 1.165) is 36.9 Å². The van der Waals surface area contributed by atoms with E-state index in [0.29, 0.717) is 5.96 Å². The molecule has 0 spiro atoms. The lowest BCUT2D eigenvalue weighted by Gasteiger charge is -2.27. The van der Waals surface area contributed by atoms with E-state index in [1.807, 2.05) is 29.6 Å². The summed E-state index contributed by atoms with van der Waals surface area (Å²) >= 11 is 3.81. The number of rotatable bonds is 4. The predicted molar refractivity (Wildman–Crippen MR) is 82.6 cm³/mol. The van der Waals surface area contributed by atoms with E-state index in [9.17, 15) is 0 Å². The molecule has 2 N–H and O–H groups in total. The molecule has 1 aromatic rings. The molecule has 0 aromatic heterocycles. The van der Waals surface area contributed by atoms with Crippen LogP contribution in [0.15, 0.2) is 40.2 Å². The molecule has 1 saturated heterocycles. The Hall–Kier alpha value is -0.810. The minimum atomic E-state index is 0.712. The molecule has 5 heteroatoms.